The quantitative estimate of drug-likeness (QED) is 0.844. The van der Waals surface area contributed by atoms with E-state index in [0.717, 1.165) is 12.0 Å². The molecule has 0 aromatic heterocycles. The molecule has 0 spiro atoms. The number of hydrogen-bond acceptors (Lipinski definition) is 2. The summed E-state index contributed by atoms with van der Waals surface area (Å²) >= 11 is 3.32. The van der Waals surface area contributed by atoms with E-state index < -0.39 is 11.9 Å². The van der Waals surface area contributed by atoms with E-state index in [4.69, 9.17) is 5.11 Å². The third-order valence-electron chi connectivity index (χ3n) is 2.86. The number of carbonyl (C=O) groups excluding carboxylic acids is 1. The third kappa shape index (κ3) is 4.67. The second-order valence-corrected chi connectivity index (χ2v) is 5.37. The van der Waals surface area contributed by atoms with Gasteiger partial charge in [-0.05, 0) is 41.4 Å². The molecule has 5 heteroatoms. The maximum Gasteiger partial charge on any atom is 0.308 e. The fraction of sp³-hybridized carbons (Fsp3) is 0.429. The van der Waals surface area contributed by atoms with Crippen molar-refractivity contribution in [1.82, 2.24) is 5.32 Å². The van der Waals surface area contributed by atoms with Crippen LogP contribution in [0.3, 0.4) is 0 Å². The number of aryl methyl sites for hydroxylation is 1. The maximum absolute atomic E-state index is 12.0. The fourth-order valence-electron chi connectivity index (χ4n) is 1.79. The minimum atomic E-state index is -0.870. The first-order chi connectivity index (χ1) is 8.95. The van der Waals surface area contributed by atoms with Gasteiger partial charge in [0.05, 0.1) is 11.5 Å². The van der Waals surface area contributed by atoms with Crippen molar-refractivity contribution < 1.29 is 14.7 Å². The van der Waals surface area contributed by atoms with Gasteiger partial charge in [0.1, 0.15) is 0 Å². The zero-order chi connectivity index (χ0) is 14.4. The highest BCUT2D eigenvalue weighted by Crippen LogP contribution is 2.18. The summed E-state index contributed by atoms with van der Waals surface area (Å²) in [6.45, 7) is 3.98. The number of hydrogen-bond donors (Lipinski definition) is 2. The summed E-state index contributed by atoms with van der Waals surface area (Å²) in [7, 11) is 0. The molecular formula is C14H18BrNO3. The van der Waals surface area contributed by atoms with Gasteiger partial charge in [-0.25, -0.2) is 0 Å². The lowest BCUT2D eigenvalue weighted by molar-refractivity contribution is -0.141. The largest absolute Gasteiger partial charge is 0.481 e. The van der Waals surface area contributed by atoms with Crippen molar-refractivity contribution in [3.8, 4) is 0 Å². The molecule has 2 N–H and O–H groups in total. The van der Waals surface area contributed by atoms with Crippen LogP contribution in [-0.4, -0.2) is 23.5 Å². The van der Waals surface area contributed by atoms with E-state index in [0.29, 0.717) is 16.5 Å². The average molecular weight is 328 g/mol. The van der Waals surface area contributed by atoms with Gasteiger partial charge in [0.15, 0.2) is 0 Å². The Labute approximate surface area is 121 Å². The van der Waals surface area contributed by atoms with E-state index in [2.05, 4.69) is 21.2 Å². The van der Waals surface area contributed by atoms with Gasteiger partial charge in [-0.1, -0.05) is 25.0 Å². The Morgan fingerprint density at radius 1 is 1.42 bits per heavy atom. The number of amides is 1. The SMILES string of the molecule is CCCC(CNC(=O)c1cc(C)ccc1Br)C(=O)O. The second kappa shape index (κ2) is 7.28. The number of carboxylic acid groups (broad SMARTS) is 1. The lowest BCUT2D eigenvalue weighted by atomic mass is 10.0. The number of nitrogens with one attached hydrogen (secondary N) is 1. The predicted molar refractivity (Wildman–Crippen MR) is 77.2 cm³/mol. The average Bonchev–Trinajstić information content (AvgIpc) is 2.36. The minimum absolute atomic E-state index is 0.155. The van der Waals surface area contributed by atoms with Crippen molar-refractivity contribution in [1.29, 1.82) is 0 Å². The highest BCUT2D eigenvalue weighted by Gasteiger charge is 2.18. The maximum atomic E-state index is 12.0. The lowest BCUT2D eigenvalue weighted by Gasteiger charge is -2.13. The first-order valence-corrected chi connectivity index (χ1v) is 7.02. The standard InChI is InChI=1S/C14H18BrNO3/c1-3-4-10(14(18)19)8-16-13(17)11-7-9(2)5-6-12(11)15/h5-7,10H,3-4,8H2,1-2H3,(H,16,17)(H,18,19). The smallest absolute Gasteiger partial charge is 0.308 e. The van der Waals surface area contributed by atoms with E-state index in [1.54, 1.807) is 6.07 Å². The normalized spacial score (nSPS) is 11.9. The van der Waals surface area contributed by atoms with Gasteiger partial charge in [0.25, 0.3) is 5.91 Å². The van der Waals surface area contributed by atoms with Crippen molar-refractivity contribution in [2.24, 2.45) is 5.92 Å². The summed E-state index contributed by atoms with van der Waals surface area (Å²) in [5.41, 5.74) is 1.51. The zero-order valence-corrected chi connectivity index (χ0v) is 12.7. The van der Waals surface area contributed by atoms with Crippen LogP contribution in [0.5, 0.6) is 0 Å². The first-order valence-electron chi connectivity index (χ1n) is 6.22. The van der Waals surface area contributed by atoms with Crippen LogP contribution in [0, 0.1) is 12.8 Å². The van der Waals surface area contributed by atoms with Crippen LogP contribution in [0.2, 0.25) is 0 Å². The van der Waals surface area contributed by atoms with E-state index >= 15 is 0 Å². The van der Waals surface area contributed by atoms with Gasteiger partial charge in [-0.2, -0.15) is 0 Å². The molecule has 0 aliphatic rings. The summed E-state index contributed by atoms with van der Waals surface area (Å²) < 4.78 is 0.706. The molecule has 1 aromatic carbocycles. The van der Waals surface area contributed by atoms with Crippen LogP contribution in [0.1, 0.15) is 35.7 Å². The van der Waals surface area contributed by atoms with Crippen molar-refractivity contribution in [3.05, 3.63) is 33.8 Å². The van der Waals surface area contributed by atoms with E-state index in [1.165, 1.54) is 0 Å². The number of carbonyl (C=O) groups is 2. The van der Waals surface area contributed by atoms with Gasteiger partial charge in [-0.15, -0.1) is 0 Å². The Morgan fingerprint density at radius 3 is 2.68 bits per heavy atom. The molecule has 1 aromatic rings. The number of carboxylic acids is 1. The molecular weight excluding hydrogens is 310 g/mol. The van der Waals surface area contributed by atoms with Crippen LogP contribution < -0.4 is 5.32 Å². The highest BCUT2D eigenvalue weighted by molar-refractivity contribution is 9.10. The number of halogens is 1. The minimum Gasteiger partial charge on any atom is -0.481 e. The summed E-state index contributed by atoms with van der Waals surface area (Å²) in [4.78, 5) is 23.0. The van der Waals surface area contributed by atoms with Crippen molar-refractivity contribution in [2.75, 3.05) is 6.54 Å². The van der Waals surface area contributed by atoms with Crippen LogP contribution in [0.25, 0.3) is 0 Å². The predicted octanol–water partition coefficient (Wildman–Crippen LogP) is 2.99. The molecule has 1 rings (SSSR count). The molecule has 1 unspecified atom stereocenters. The Kier molecular flexibility index (Phi) is 6.02. The first kappa shape index (κ1) is 15.7. The monoisotopic (exact) mass is 327 g/mol. The molecule has 1 atom stereocenters. The van der Waals surface area contributed by atoms with Crippen molar-refractivity contribution >= 4 is 27.8 Å². The van der Waals surface area contributed by atoms with Gasteiger partial charge in [0, 0.05) is 11.0 Å². The van der Waals surface area contributed by atoms with Gasteiger partial charge >= 0.3 is 5.97 Å². The molecule has 4 nitrogen and oxygen atoms in total. The molecule has 104 valence electrons. The molecule has 0 aliphatic heterocycles. The molecule has 0 heterocycles. The Bertz CT molecular complexity index is 474. The molecule has 0 aliphatic carbocycles. The number of rotatable bonds is 6. The van der Waals surface area contributed by atoms with Gasteiger partial charge in [-0.3, -0.25) is 9.59 Å². The van der Waals surface area contributed by atoms with Crippen molar-refractivity contribution in [3.63, 3.8) is 0 Å². The van der Waals surface area contributed by atoms with E-state index in [1.807, 2.05) is 26.0 Å². The molecule has 0 fully saturated rings. The molecule has 1 amide bonds. The molecule has 0 saturated carbocycles. The van der Waals surface area contributed by atoms with Gasteiger partial charge < -0.3 is 10.4 Å². The summed E-state index contributed by atoms with van der Waals surface area (Å²) in [5, 5.41) is 11.7. The second-order valence-electron chi connectivity index (χ2n) is 4.52. The molecule has 0 bridgehead atoms. The Morgan fingerprint density at radius 2 is 2.11 bits per heavy atom. The number of benzene rings is 1. The highest BCUT2D eigenvalue weighted by atomic mass is 79.9. The van der Waals surface area contributed by atoms with Crippen LogP contribution in [0.4, 0.5) is 0 Å². The summed E-state index contributed by atoms with van der Waals surface area (Å²) in [5.74, 6) is -1.65. The zero-order valence-electron chi connectivity index (χ0n) is 11.1. The van der Waals surface area contributed by atoms with Gasteiger partial charge in [0.2, 0.25) is 0 Å². The Balaban J connectivity index is 2.69. The van der Waals surface area contributed by atoms with Crippen LogP contribution in [0.15, 0.2) is 22.7 Å². The number of aliphatic carboxylic acids is 1. The topological polar surface area (TPSA) is 66.4 Å². The molecule has 19 heavy (non-hydrogen) atoms. The summed E-state index contributed by atoms with van der Waals surface area (Å²) in [6, 6.07) is 5.48. The molecule has 0 saturated heterocycles. The van der Waals surface area contributed by atoms with E-state index in [-0.39, 0.29) is 12.5 Å². The lowest BCUT2D eigenvalue weighted by Crippen LogP contribution is -2.33. The third-order valence-corrected chi connectivity index (χ3v) is 3.55. The van der Waals surface area contributed by atoms with E-state index in [9.17, 15) is 9.59 Å². The fourth-order valence-corrected chi connectivity index (χ4v) is 2.21. The van der Waals surface area contributed by atoms with Crippen LogP contribution >= 0.6 is 15.9 Å². The van der Waals surface area contributed by atoms with Crippen molar-refractivity contribution in [2.45, 2.75) is 26.7 Å². The van der Waals surface area contributed by atoms with Crippen LogP contribution in [-0.2, 0) is 4.79 Å². The molecule has 0 radical (unpaired) electrons. The summed E-state index contributed by atoms with van der Waals surface area (Å²) in [6.07, 6.45) is 1.34. The Hall–Kier alpha value is -1.36.